The monoisotopic (exact) mass is 285 g/mol. The molecule has 0 unspecified atom stereocenters. The molecular weight excluding hydrogens is 266 g/mol. The molecular formula is C17H19NO3. The second-order valence-corrected chi connectivity index (χ2v) is 5.12. The van der Waals surface area contributed by atoms with Gasteiger partial charge in [0.1, 0.15) is 11.5 Å². The Hall–Kier alpha value is -2.49. The Bertz CT molecular complexity index is 633. The predicted molar refractivity (Wildman–Crippen MR) is 83.0 cm³/mol. The second kappa shape index (κ2) is 6.31. The number of carbonyl (C=O) groups is 1. The molecule has 0 bridgehead atoms. The molecule has 0 heterocycles. The van der Waals surface area contributed by atoms with Crippen LogP contribution in [-0.2, 0) is 0 Å². The molecule has 21 heavy (non-hydrogen) atoms. The zero-order chi connectivity index (χ0) is 15.4. The molecule has 4 nitrogen and oxygen atoms in total. The summed E-state index contributed by atoms with van der Waals surface area (Å²) >= 11 is 0. The number of hydrogen-bond donors (Lipinski definition) is 2. The maximum atomic E-state index is 12.1. The van der Waals surface area contributed by atoms with Crippen molar-refractivity contribution in [2.24, 2.45) is 0 Å². The van der Waals surface area contributed by atoms with E-state index >= 15 is 0 Å². The van der Waals surface area contributed by atoms with Crippen LogP contribution in [-0.4, -0.2) is 17.1 Å². The number of nitrogens with one attached hydrogen (secondary N) is 1. The van der Waals surface area contributed by atoms with Gasteiger partial charge in [-0.2, -0.15) is 0 Å². The highest BCUT2D eigenvalue weighted by Crippen LogP contribution is 2.23. The molecule has 4 heteroatoms. The number of amides is 1. The van der Waals surface area contributed by atoms with Crippen molar-refractivity contribution in [1.29, 1.82) is 0 Å². The van der Waals surface area contributed by atoms with Crippen LogP contribution in [0.25, 0.3) is 0 Å². The topological polar surface area (TPSA) is 58.6 Å². The Morgan fingerprint density at radius 2 is 1.81 bits per heavy atom. The maximum Gasteiger partial charge on any atom is 0.259 e. The van der Waals surface area contributed by atoms with E-state index in [9.17, 15) is 9.90 Å². The summed E-state index contributed by atoms with van der Waals surface area (Å²) in [5, 5.41) is 12.7. The summed E-state index contributed by atoms with van der Waals surface area (Å²) in [6.45, 7) is 5.66. The Morgan fingerprint density at radius 1 is 1.14 bits per heavy atom. The van der Waals surface area contributed by atoms with Crippen molar-refractivity contribution in [3.05, 3.63) is 53.6 Å². The molecule has 2 aromatic rings. The lowest BCUT2D eigenvalue weighted by molar-refractivity contribution is 0.102. The number of phenols is 1. The fourth-order valence-electron chi connectivity index (χ4n) is 1.93. The van der Waals surface area contributed by atoms with Gasteiger partial charge in [-0.05, 0) is 56.7 Å². The van der Waals surface area contributed by atoms with Crippen LogP contribution in [0.3, 0.4) is 0 Å². The number of phenolic OH excluding ortho intramolecular Hbond substituents is 1. The predicted octanol–water partition coefficient (Wildman–Crippen LogP) is 3.74. The van der Waals surface area contributed by atoms with E-state index in [1.807, 2.05) is 13.8 Å². The molecule has 2 rings (SSSR count). The minimum absolute atomic E-state index is 0.00904. The molecule has 2 aromatic carbocycles. The van der Waals surface area contributed by atoms with Gasteiger partial charge in [0.2, 0.25) is 0 Å². The van der Waals surface area contributed by atoms with E-state index in [4.69, 9.17) is 4.74 Å². The van der Waals surface area contributed by atoms with Crippen LogP contribution in [0.4, 0.5) is 5.69 Å². The van der Waals surface area contributed by atoms with Crippen LogP contribution in [0.2, 0.25) is 0 Å². The van der Waals surface area contributed by atoms with E-state index in [1.54, 1.807) is 49.4 Å². The number of carbonyl (C=O) groups excluding carboxylic acids is 1. The highest BCUT2D eigenvalue weighted by molar-refractivity contribution is 6.06. The first-order chi connectivity index (χ1) is 9.97. The van der Waals surface area contributed by atoms with Crippen molar-refractivity contribution >= 4 is 11.6 Å². The van der Waals surface area contributed by atoms with E-state index in [2.05, 4.69) is 5.32 Å². The number of ether oxygens (including phenoxy) is 1. The van der Waals surface area contributed by atoms with E-state index in [0.717, 1.165) is 5.75 Å². The summed E-state index contributed by atoms with van der Waals surface area (Å²) in [7, 11) is 0. The third kappa shape index (κ3) is 3.75. The molecule has 0 aliphatic carbocycles. The van der Waals surface area contributed by atoms with Crippen molar-refractivity contribution in [3.63, 3.8) is 0 Å². The first-order valence-corrected chi connectivity index (χ1v) is 6.84. The van der Waals surface area contributed by atoms with E-state index in [0.29, 0.717) is 11.3 Å². The Labute approximate surface area is 124 Å². The average molecular weight is 285 g/mol. The molecule has 0 saturated carbocycles. The lowest BCUT2D eigenvalue weighted by Crippen LogP contribution is -2.12. The number of aromatic hydroxyl groups is 1. The van der Waals surface area contributed by atoms with Crippen LogP contribution in [0, 0.1) is 6.92 Å². The number of hydrogen-bond acceptors (Lipinski definition) is 3. The summed E-state index contributed by atoms with van der Waals surface area (Å²) < 4.78 is 5.54. The molecule has 0 fully saturated rings. The SMILES string of the molecule is Cc1cccc(C(=O)Nc2ccc(OC(C)C)cc2)c1O. The van der Waals surface area contributed by atoms with Gasteiger partial charge in [-0.25, -0.2) is 0 Å². The summed E-state index contributed by atoms with van der Waals surface area (Å²) in [6.07, 6.45) is 0.106. The first kappa shape index (κ1) is 14.9. The molecule has 0 saturated heterocycles. The third-order valence-electron chi connectivity index (χ3n) is 2.97. The number of aryl methyl sites for hydroxylation is 1. The van der Waals surface area contributed by atoms with Crippen LogP contribution >= 0.6 is 0 Å². The highest BCUT2D eigenvalue weighted by Gasteiger charge is 2.12. The first-order valence-electron chi connectivity index (χ1n) is 6.84. The molecule has 0 atom stereocenters. The number of rotatable bonds is 4. The van der Waals surface area contributed by atoms with Crippen molar-refractivity contribution < 1.29 is 14.6 Å². The Morgan fingerprint density at radius 3 is 2.43 bits per heavy atom. The smallest absolute Gasteiger partial charge is 0.259 e. The van der Waals surface area contributed by atoms with E-state index in [1.165, 1.54) is 0 Å². The third-order valence-corrected chi connectivity index (χ3v) is 2.97. The molecule has 0 aromatic heterocycles. The van der Waals surface area contributed by atoms with Gasteiger partial charge in [0, 0.05) is 5.69 Å². The van der Waals surface area contributed by atoms with Crippen molar-refractivity contribution in [2.75, 3.05) is 5.32 Å². The van der Waals surface area contributed by atoms with Gasteiger partial charge in [-0.1, -0.05) is 12.1 Å². The van der Waals surface area contributed by atoms with Crippen LogP contribution in [0.15, 0.2) is 42.5 Å². The minimum atomic E-state index is -0.339. The molecule has 0 spiro atoms. The van der Waals surface area contributed by atoms with Gasteiger partial charge in [-0.15, -0.1) is 0 Å². The number of benzene rings is 2. The molecule has 2 N–H and O–H groups in total. The molecule has 0 aliphatic rings. The number of para-hydroxylation sites is 1. The normalized spacial score (nSPS) is 10.5. The Kier molecular flexibility index (Phi) is 4.48. The van der Waals surface area contributed by atoms with Crippen molar-refractivity contribution in [2.45, 2.75) is 26.9 Å². The van der Waals surface area contributed by atoms with Crippen LogP contribution in [0.5, 0.6) is 11.5 Å². The van der Waals surface area contributed by atoms with Crippen LogP contribution in [0.1, 0.15) is 29.8 Å². The fourth-order valence-corrected chi connectivity index (χ4v) is 1.93. The summed E-state index contributed by atoms with van der Waals surface area (Å²) in [4.78, 5) is 12.1. The van der Waals surface area contributed by atoms with Crippen molar-refractivity contribution in [3.8, 4) is 11.5 Å². The molecule has 0 radical (unpaired) electrons. The molecule has 0 aliphatic heterocycles. The zero-order valence-corrected chi connectivity index (χ0v) is 12.4. The summed E-state index contributed by atoms with van der Waals surface area (Å²) in [5.74, 6) is 0.421. The summed E-state index contributed by atoms with van der Waals surface area (Å²) in [6, 6.07) is 12.2. The van der Waals surface area contributed by atoms with Gasteiger partial charge < -0.3 is 15.2 Å². The van der Waals surface area contributed by atoms with Gasteiger partial charge in [-0.3, -0.25) is 4.79 Å². The lowest BCUT2D eigenvalue weighted by Gasteiger charge is -2.11. The fraction of sp³-hybridized carbons (Fsp3) is 0.235. The van der Waals surface area contributed by atoms with Gasteiger partial charge in [0.05, 0.1) is 11.7 Å². The van der Waals surface area contributed by atoms with E-state index in [-0.39, 0.29) is 23.3 Å². The Balaban J connectivity index is 2.11. The standard InChI is InChI=1S/C17H19NO3/c1-11(2)21-14-9-7-13(8-10-14)18-17(20)15-6-4-5-12(3)16(15)19/h4-11,19H,1-3H3,(H,18,20). The van der Waals surface area contributed by atoms with E-state index < -0.39 is 0 Å². The lowest BCUT2D eigenvalue weighted by atomic mass is 10.1. The highest BCUT2D eigenvalue weighted by atomic mass is 16.5. The largest absolute Gasteiger partial charge is 0.507 e. The molecule has 1 amide bonds. The van der Waals surface area contributed by atoms with Crippen LogP contribution < -0.4 is 10.1 Å². The quantitative estimate of drug-likeness (QED) is 0.899. The van der Waals surface area contributed by atoms with Gasteiger partial charge in [0.25, 0.3) is 5.91 Å². The zero-order valence-electron chi connectivity index (χ0n) is 12.4. The number of anilines is 1. The van der Waals surface area contributed by atoms with Crippen molar-refractivity contribution in [1.82, 2.24) is 0 Å². The summed E-state index contributed by atoms with van der Waals surface area (Å²) in [5.41, 5.74) is 1.58. The molecule has 110 valence electrons. The van der Waals surface area contributed by atoms with Gasteiger partial charge >= 0.3 is 0 Å². The second-order valence-electron chi connectivity index (χ2n) is 5.12. The van der Waals surface area contributed by atoms with Gasteiger partial charge in [0.15, 0.2) is 0 Å². The minimum Gasteiger partial charge on any atom is -0.507 e. The average Bonchev–Trinajstić information content (AvgIpc) is 2.43. The maximum absolute atomic E-state index is 12.1.